The molecule has 3 nitrogen and oxygen atoms in total. The summed E-state index contributed by atoms with van der Waals surface area (Å²) in [6, 6.07) is 10.6. The van der Waals surface area contributed by atoms with Crippen molar-refractivity contribution < 1.29 is 4.74 Å². The number of likely N-dealkylation sites (tertiary alicyclic amines) is 1. The van der Waals surface area contributed by atoms with Crippen LogP contribution in [0, 0.1) is 0 Å². The Morgan fingerprint density at radius 2 is 2.16 bits per heavy atom. The van der Waals surface area contributed by atoms with Crippen molar-refractivity contribution in [2.45, 2.75) is 37.8 Å². The highest BCUT2D eigenvalue weighted by atomic mass is 16.5. The van der Waals surface area contributed by atoms with Gasteiger partial charge < -0.3 is 15.4 Å². The van der Waals surface area contributed by atoms with E-state index < -0.39 is 0 Å². The lowest BCUT2D eigenvalue weighted by molar-refractivity contribution is 0.0308. The summed E-state index contributed by atoms with van der Waals surface area (Å²) in [5, 5.41) is 0. The van der Waals surface area contributed by atoms with Crippen molar-refractivity contribution in [1.82, 2.24) is 4.90 Å². The Kier molecular flexibility index (Phi) is 5.83. The van der Waals surface area contributed by atoms with Gasteiger partial charge in [-0.1, -0.05) is 30.3 Å². The Hall–Kier alpha value is -0.900. The molecule has 1 aliphatic rings. The zero-order chi connectivity index (χ0) is 13.5. The van der Waals surface area contributed by atoms with Crippen molar-refractivity contribution in [1.29, 1.82) is 0 Å². The average molecular weight is 262 g/mol. The summed E-state index contributed by atoms with van der Waals surface area (Å²) in [5.41, 5.74) is 7.47. The van der Waals surface area contributed by atoms with Gasteiger partial charge in [-0.25, -0.2) is 0 Å². The van der Waals surface area contributed by atoms with Crippen molar-refractivity contribution in [3.8, 4) is 0 Å². The first-order valence-corrected chi connectivity index (χ1v) is 7.35. The van der Waals surface area contributed by atoms with E-state index in [1.165, 1.54) is 24.9 Å². The molecule has 0 saturated carbocycles. The first-order chi connectivity index (χ1) is 9.29. The van der Waals surface area contributed by atoms with Gasteiger partial charge in [-0.3, -0.25) is 0 Å². The van der Waals surface area contributed by atoms with Crippen molar-refractivity contribution in [3.63, 3.8) is 0 Å². The van der Waals surface area contributed by atoms with Gasteiger partial charge in [0.05, 0.1) is 6.10 Å². The van der Waals surface area contributed by atoms with Gasteiger partial charge in [0.25, 0.3) is 0 Å². The third-order valence-electron chi connectivity index (χ3n) is 4.01. The highest BCUT2D eigenvalue weighted by Crippen LogP contribution is 2.17. The molecule has 1 heterocycles. The molecule has 2 rings (SSSR count). The van der Waals surface area contributed by atoms with E-state index in [2.05, 4.69) is 29.2 Å². The number of nitrogens with two attached hydrogens (primary N) is 1. The fourth-order valence-electron chi connectivity index (χ4n) is 2.81. The molecule has 19 heavy (non-hydrogen) atoms. The SMILES string of the molecule is COC1CCCN(CCCC(N)c2ccccc2)C1. The van der Waals surface area contributed by atoms with Crippen LogP contribution >= 0.6 is 0 Å². The van der Waals surface area contributed by atoms with E-state index in [4.69, 9.17) is 10.5 Å². The lowest BCUT2D eigenvalue weighted by Crippen LogP contribution is -2.39. The standard InChI is InChI=1S/C16H26N2O/c1-19-15-9-5-11-18(13-15)12-6-10-16(17)14-7-3-2-4-8-14/h2-4,7-8,15-16H,5-6,9-13,17H2,1H3. The molecule has 1 fully saturated rings. The maximum absolute atomic E-state index is 6.22. The Morgan fingerprint density at radius 1 is 1.37 bits per heavy atom. The summed E-state index contributed by atoms with van der Waals surface area (Å²) in [5.74, 6) is 0. The van der Waals surface area contributed by atoms with Gasteiger partial charge in [-0.15, -0.1) is 0 Å². The zero-order valence-electron chi connectivity index (χ0n) is 11.9. The van der Waals surface area contributed by atoms with E-state index in [1.54, 1.807) is 0 Å². The Labute approximate surface area is 116 Å². The summed E-state index contributed by atoms with van der Waals surface area (Å²) in [4.78, 5) is 2.51. The van der Waals surface area contributed by atoms with Crippen LogP contribution in [0.2, 0.25) is 0 Å². The van der Waals surface area contributed by atoms with Gasteiger partial charge in [0.2, 0.25) is 0 Å². The molecule has 1 aromatic rings. The second-order valence-electron chi connectivity index (χ2n) is 5.46. The molecule has 3 heteroatoms. The van der Waals surface area contributed by atoms with Gasteiger partial charge in [0, 0.05) is 19.7 Å². The fraction of sp³-hybridized carbons (Fsp3) is 0.625. The van der Waals surface area contributed by atoms with Gasteiger partial charge in [0.15, 0.2) is 0 Å². The number of nitrogens with zero attached hydrogens (tertiary/aromatic N) is 1. The van der Waals surface area contributed by atoms with E-state index in [-0.39, 0.29) is 6.04 Å². The Bertz CT molecular complexity index is 355. The number of hydrogen-bond donors (Lipinski definition) is 1. The number of hydrogen-bond acceptors (Lipinski definition) is 3. The number of benzene rings is 1. The van der Waals surface area contributed by atoms with Crippen molar-refractivity contribution in [2.24, 2.45) is 5.73 Å². The zero-order valence-corrected chi connectivity index (χ0v) is 11.9. The molecule has 106 valence electrons. The topological polar surface area (TPSA) is 38.5 Å². The summed E-state index contributed by atoms with van der Waals surface area (Å²) in [6.45, 7) is 3.43. The predicted octanol–water partition coefficient (Wildman–Crippen LogP) is 2.58. The summed E-state index contributed by atoms with van der Waals surface area (Å²) in [6.07, 6.45) is 5.10. The molecule has 1 aromatic carbocycles. The largest absolute Gasteiger partial charge is 0.380 e. The van der Waals surface area contributed by atoms with Gasteiger partial charge in [0.1, 0.15) is 0 Å². The van der Waals surface area contributed by atoms with E-state index in [0.717, 1.165) is 25.9 Å². The molecule has 0 aromatic heterocycles. The quantitative estimate of drug-likeness (QED) is 0.856. The smallest absolute Gasteiger partial charge is 0.0698 e. The Balaban J connectivity index is 1.69. The van der Waals surface area contributed by atoms with E-state index in [9.17, 15) is 0 Å². The van der Waals surface area contributed by atoms with E-state index >= 15 is 0 Å². The molecule has 1 saturated heterocycles. The maximum Gasteiger partial charge on any atom is 0.0698 e. The number of methoxy groups -OCH3 is 1. The van der Waals surface area contributed by atoms with Crippen LogP contribution in [0.25, 0.3) is 0 Å². The number of ether oxygens (including phenoxy) is 1. The molecule has 0 aliphatic carbocycles. The van der Waals surface area contributed by atoms with Crippen molar-refractivity contribution >= 4 is 0 Å². The van der Waals surface area contributed by atoms with Crippen LogP contribution in [0.3, 0.4) is 0 Å². The normalized spacial score (nSPS) is 22.3. The highest BCUT2D eigenvalue weighted by Gasteiger charge is 2.18. The van der Waals surface area contributed by atoms with Gasteiger partial charge in [-0.05, 0) is 44.3 Å². The minimum Gasteiger partial charge on any atom is -0.380 e. The van der Waals surface area contributed by atoms with Crippen LogP contribution < -0.4 is 5.73 Å². The minimum absolute atomic E-state index is 0.171. The van der Waals surface area contributed by atoms with Crippen molar-refractivity contribution in [2.75, 3.05) is 26.7 Å². The molecule has 2 atom stereocenters. The number of piperidine rings is 1. The molecular formula is C16H26N2O. The molecule has 2 N–H and O–H groups in total. The number of rotatable bonds is 6. The van der Waals surface area contributed by atoms with Gasteiger partial charge >= 0.3 is 0 Å². The van der Waals surface area contributed by atoms with E-state index in [0.29, 0.717) is 6.10 Å². The second-order valence-corrected chi connectivity index (χ2v) is 5.46. The lowest BCUT2D eigenvalue weighted by atomic mass is 10.0. The second kappa shape index (κ2) is 7.63. The minimum atomic E-state index is 0.171. The third kappa shape index (κ3) is 4.60. The fourth-order valence-corrected chi connectivity index (χ4v) is 2.81. The molecule has 0 bridgehead atoms. The molecule has 0 amide bonds. The van der Waals surface area contributed by atoms with Crippen LogP contribution in [-0.4, -0.2) is 37.7 Å². The van der Waals surface area contributed by atoms with Crippen LogP contribution in [0.5, 0.6) is 0 Å². The van der Waals surface area contributed by atoms with Crippen molar-refractivity contribution in [3.05, 3.63) is 35.9 Å². The highest BCUT2D eigenvalue weighted by molar-refractivity contribution is 5.18. The summed E-state index contributed by atoms with van der Waals surface area (Å²) >= 11 is 0. The summed E-state index contributed by atoms with van der Waals surface area (Å²) < 4.78 is 5.45. The van der Waals surface area contributed by atoms with Crippen LogP contribution in [0.4, 0.5) is 0 Å². The van der Waals surface area contributed by atoms with Crippen LogP contribution in [-0.2, 0) is 4.74 Å². The molecule has 0 spiro atoms. The first kappa shape index (κ1) is 14.5. The predicted molar refractivity (Wildman–Crippen MR) is 79.1 cm³/mol. The molecule has 2 unspecified atom stereocenters. The van der Waals surface area contributed by atoms with Gasteiger partial charge in [-0.2, -0.15) is 0 Å². The van der Waals surface area contributed by atoms with Crippen LogP contribution in [0.1, 0.15) is 37.3 Å². The molecule has 1 aliphatic heterocycles. The third-order valence-corrected chi connectivity index (χ3v) is 4.01. The average Bonchev–Trinajstić information content (AvgIpc) is 2.48. The molecular weight excluding hydrogens is 236 g/mol. The molecule has 0 radical (unpaired) electrons. The maximum atomic E-state index is 6.22. The van der Waals surface area contributed by atoms with Crippen LogP contribution in [0.15, 0.2) is 30.3 Å². The Morgan fingerprint density at radius 3 is 2.89 bits per heavy atom. The summed E-state index contributed by atoms with van der Waals surface area (Å²) in [7, 11) is 1.82. The first-order valence-electron chi connectivity index (χ1n) is 7.35. The van der Waals surface area contributed by atoms with E-state index in [1.807, 2.05) is 13.2 Å². The lowest BCUT2D eigenvalue weighted by Gasteiger charge is -2.32. The monoisotopic (exact) mass is 262 g/mol.